The highest BCUT2D eigenvalue weighted by Gasteiger charge is 2.19. The van der Waals surface area contributed by atoms with Crippen LogP contribution in [-0.4, -0.2) is 47.9 Å². The van der Waals surface area contributed by atoms with Gasteiger partial charge in [0.25, 0.3) is 0 Å². The molecule has 3 heterocycles. The lowest BCUT2D eigenvalue weighted by molar-refractivity contribution is 0.0690. The highest BCUT2D eigenvalue weighted by molar-refractivity contribution is 7.44. The zero-order valence-corrected chi connectivity index (χ0v) is 18.9. The van der Waals surface area contributed by atoms with E-state index in [1.54, 1.807) is 17.6 Å². The maximum atomic E-state index is 5.44. The molecule has 1 atom stereocenters. The van der Waals surface area contributed by atoms with E-state index in [1.165, 1.54) is 0 Å². The quantitative estimate of drug-likeness (QED) is 0.461. The van der Waals surface area contributed by atoms with E-state index in [2.05, 4.69) is 37.9 Å². The van der Waals surface area contributed by atoms with Crippen LogP contribution in [0.3, 0.4) is 0 Å². The van der Waals surface area contributed by atoms with Gasteiger partial charge in [-0.25, -0.2) is 9.98 Å². The van der Waals surface area contributed by atoms with Crippen LogP contribution in [0.25, 0.3) is 5.70 Å². The molecule has 0 N–H and O–H groups in total. The van der Waals surface area contributed by atoms with Crippen molar-refractivity contribution in [2.75, 3.05) is 26.3 Å². The first kappa shape index (κ1) is 21.8. The van der Waals surface area contributed by atoms with Gasteiger partial charge in [0.2, 0.25) is 0 Å². The number of rotatable bonds is 6. The third-order valence-electron chi connectivity index (χ3n) is 4.83. The zero-order chi connectivity index (χ0) is 20.5. The topological polar surface area (TPSA) is 50.1 Å². The normalized spacial score (nSPS) is 22.1. The largest absolute Gasteiger partial charge is 0.381 e. The molecule has 0 aromatic carbocycles. The first-order chi connectivity index (χ1) is 14.2. The SMILES string of the molecule is C=C(c1nc(C(P)=NCC2CCOCC2)sc1N=CC)N1/C=C/C=C\C=C\CC1. The molecule has 1 aromatic rings. The van der Waals surface area contributed by atoms with Crippen molar-refractivity contribution in [1.82, 2.24) is 9.88 Å². The van der Waals surface area contributed by atoms with Crippen LogP contribution in [0, 0.1) is 5.92 Å². The molecule has 154 valence electrons. The van der Waals surface area contributed by atoms with Crippen molar-refractivity contribution in [3.8, 4) is 0 Å². The van der Waals surface area contributed by atoms with Crippen molar-refractivity contribution >= 4 is 42.9 Å². The van der Waals surface area contributed by atoms with Gasteiger partial charge in [-0.1, -0.05) is 51.5 Å². The summed E-state index contributed by atoms with van der Waals surface area (Å²) in [5.74, 6) is 0.595. The summed E-state index contributed by atoms with van der Waals surface area (Å²) in [5.41, 5.74) is 2.57. The third-order valence-corrected chi connectivity index (χ3v) is 6.48. The number of hydrogen-bond donors (Lipinski definition) is 0. The summed E-state index contributed by atoms with van der Waals surface area (Å²) >= 11 is 1.56. The second-order valence-electron chi connectivity index (χ2n) is 6.93. The monoisotopic (exact) mass is 428 g/mol. The van der Waals surface area contributed by atoms with Crippen LogP contribution in [-0.2, 0) is 4.74 Å². The van der Waals surface area contributed by atoms with Crippen LogP contribution in [0.2, 0.25) is 0 Å². The fraction of sp³-hybridized carbons (Fsp3) is 0.409. The van der Waals surface area contributed by atoms with Gasteiger partial charge in [0.05, 0.1) is 11.1 Å². The second-order valence-corrected chi connectivity index (χ2v) is 8.45. The predicted octanol–water partition coefficient (Wildman–Crippen LogP) is 5.22. The lowest BCUT2D eigenvalue weighted by Crippen LogP contribution is -2.18. The fourth-order valence-corrected chi connectivity index (χ4v) is 4.40. The average molecular weight is 429 g/mol. The minimum atomic E-state index is 0.595. The Hall–Kier alpha value is -1.88. The molecule has 2 aliphatic heterocycles. The van der Waals surface area contributed by atoms with Gasteiger partial charge in [-0.2, -0.15) is 0 Å². The number of allylic oxidation sites excluding steroid dienone is 4. The maximum Gasteiger partial charge on any atom is 0.145 e. The molecule has 1 unspecified atom stereocenters. The van der Waals surface area contributed by atoms with E-state index in [-0.39, 0.29) is 0 Å². The van der Waals surface area contributed by atoms with Crippen LogP contribution < -0.4 is 0 Å². The summed E-state index contributed by atoms with van der Waals surface area (Å²) in [4.78, 5) is 16.3. The van der Waals surface area contributed by atoms with E-state index in [4.69, 9.17) is 14.7 Å². The van der Waals surface area contributed by atoms with Gasteiger partial charge in [-0.15, -0.1) is 0 Å². The van der Waals surface area contributed by atoms with E-state index in [0.29, 0.717) is 5.92 Å². The highest BCUT2D eigenvalue weighted by Crippen LogP contribution is 2.35. The Morgan fingerprint density at radius 2 is 2.14 bits per heavy atom. The molecule has 0 bridgehead atoms. The summed E-state index contributed by atoms with van der Waals surface area (Å²) in [7, 11) is 2.75. The van der Waals surface area contributed by atoms with Gasteiger partial charge in [0.1, 0.15) is 15.7 Å². The molecule has 1 saturated heterocycles. The third kappa shape index (κ3) is 6.30. The summed E-state index contributed by atoms with van der Waals surface area (Å²) in [6.45, 7) is 9.60. The molecule has 0 aliphatic carbocycles. The van der Waals surface area contributed by atoms with E-state index in [9.17, 15) is 0 Å². The lowest BCUT2D eigenvalue weighted by atomic mass is 10.0. The van der Waals surface area contributed by atoms with E-state index < -0.39 is 0 Å². The second kappa shape index (κ2) is 11.3. The van der Waals surface area contributed by atoms with Gasteiger partial charge in [0, 0.05) is 38.7 Å². The fourth-order valence-electron chi connectivity index (χ4n) is 3.14. The Morgan fingerprint density at radius 3 is 2.93 bits per heavy atom. The predicted molar refractivity (Wildman–Crippen MR) is 128 cm³/mol. The minimum absolute atomic E-state index is 0.595. The molecule has 0 amide bonds. The number of hydrogen-bond acceptors (Lipinski definition) is 6. The Kier molecular flexibility index (Phi) is 8.53. The smallest absolute Gasteiger partial charge is 0.145 e. The lowest BCUT2D eigenvalue weighted by Gasteiger charge is -2.21. The van der Waals surface area contributed by atoms with Crippen molar-refractivity contribution in [3.05, 3.63) is 53.9 Å². The van der Waals surface area contributed by atoms with Crippen LogP contribution in [0.1, 0.15) is 36.9 Å². The number of aromatic nitrogens is 1. The van der Waals surface area contributed by atoms with Gasteiger partial charge in [-0.05, 0) is 38.2 Å². The Bertz CT molecular complexity index is 847. The minimum Gasteiger partial charge on any atom is -0.381 e. The summed E-state index contributed by atoms with van der Waals surface area (Å²) in [6.07, 6.45) is 17.3. The Labute approximate surface area is 179 Å². The van der Waals surface area contributed by atoms with Gasteiger partial charge in [-0.3, -0.25) is 4.99 Å². The molecule has 1 aromatic heterocycles. The molecule has 0 radical (unpaired) electrons. The number of nitrogens with zero attached hydrogens (tertiary/aromatic N) is 4. The molecular weight excluding hydrogens is 399 g/mol. The molecule has 0 saturated carbocycles. The van der Waals surface area contributed by atoms with Gasteiger partial charge in [0.15, 0.2) is 0 Å². The first-order valence-electron chi connectivity index (χ1n) is 10.0. The maximum absolute atomic E-state index is 5.44. The van der Waals surface area contributed by atoms with Crippen molar-refractivity contribution in [2.45, 2.75) is 26.2 Å². The number of aliphatic imine (C=N–C) groups is 2. The summed E-state index contributed by atoms with van der Waals surface area (Å²) < 4.78 is 5.44. The summed E-state index contributed by atoms with van der Waals surface area (Å²) in [5, 5.41) is 1.75. The molecule has 7 heteroatoms. The molecule has 29 heavy (non-hydrogen) atoms. The average Bonchev–Trinajstić information content (AvgIpc) is 3.21. The Balaban J connectivity index is 1.80. The van der Waals surface area contributed by atoms with Crippen LogP contribution >= 0.6 is 20.6 Å². The molecule has 3 rings (SSSR count). The molecule has 2 aliphatic rings. The van der Waals surface area contributed by atoms with E-state index >= 15 is 0 Å². The van der Waals surface area contributed by atoms with E-state index in [0.717, 1.165) is 72.4 Å². The van der Waals surface area contributed by atoms with E-state index in [1.807, 2.05) is 31.4 Å². The van der Waals surface area contributed by atoms with Crippen LogP contribution in [0.5, 0.6) is 0 Å². The highest BCUT2D eigenvalue weighted by atomic mass is 32.1. The van der Waals surface area contributed by atoms with Crippen molar-refractivity contribution < 1.29 is 4.74 Å². The number of thiazole rings is 1. The van der Waals surface area contributed by atoms with Crippen LogP contribution in [0.15, 0.2) is 53.1 Å². The van der Waals surface area contributed by atoms with Crippen molar-refractivity contribution in [3.63, 3.8) is 0 Å². The molecule has 1 fully saturated rings. The van der Waals surface area contributed by atoms with Crippen LogP contribution in [0.4, 0.5) is 5.00 Å². The first-order valence-corrected chi connectivity index (χ1v) is 11.4. The molecular formula is C22H29N4OPS. The van der Waals surface area contributed by atoms with Gasteiger partial charge < -0.3 is 9.64 Å². The van der Waals surface area contributed by atoms with Crippen molar-refractivity contribution in [1.29, 1.82) is 0 Å². The standard InChI is InChI=1S/C22H29N4OPS/c1-3-23-21-19(17(2)26-12-8-6-4-5-7-9-13-26)25-22(29-21)20(28)24-16-18-10-14-27-15-11-18/h3-8,12,18H,2,9-11,13-16,28H2,1H3/b6-4-,7-5+,12-8+,23-3?,24-20?. The zero-order valence-electron chi connectivity index (χ0n) is 17.0. The molecule has 0 spiro atoms. The van der Waals surface area contributed by atoms with Crippen molar-refractivity contribution in [2.24, 2.45) is 15.9 Å². The van der Waals surface area contributed by atoms with Gasteiger partial charge >= 0.3 is 0 Å². The Morgan fingerprint density at radius 1 is 1.34 bits per heavy atom. The number of ether oxygens (including phenoxy) is 1. The molecule has 5 nitrogen and oxygen atoms in total. The summed E-state index contributed by atoms with van der Waals surface area (Å²) in [6, 6.07) is 0.